The molecule has 58 heavy (non-hydrogen) atoms. The standard InChI is InChI=1S/C57H47N/c1-55(2)46-26-12-8-20-43(46)52-41(23-16-28-48(52)55)40-19-10-14-30-50(40)58(51-31-17-29-49-53(51)44-21-9-13-27-47(44)56(49,3)4)37-34-32-36(33-35-37)38-22-15-24-42-39-18-7-11-25-45(39)57(5,6)54(38)42/h7-35H,1-6H3. The van der Waals surface area contributed by atoms with E-state index < -0.39 is 0 Å². The zero-order valence-corrected chi connectivity index (χ0v) is 34.2. The third-order valence-electron chi connectivity index (χ3n) is 13.9. The van der Waals surface area contributed by atoms with E-state index in [1.807, 2.05) is 0 Å². The fraction of sp³-hybridized carbons (Fsp3) is 0.158. The number of para-hydroxylation sites is 1. The molecule has 0 saturated carbocycles. The van der Waals surface area contributed by atoms with Crippen LogP contribution in [0.15, 0.2) is 176 Å². The van der Waals surface area contributed by atoms with Crippen molar-refractivity contribution < 1.29 is 0 Å². The van der Waals surface area contributed by atoms with Crippen LogP contribution in [0.2, 0.25) is 0 Å². The maximum atomic E-state index is 2.54. The number of rotatable bonds is 5. The third kappa shape index (κ3) is 4.71. The second kappa shape index (κ2) is 12.3. The lowest BCUT2D eigenvalue weighted by Gasteiger charge is -2.31. The maximum absolute atomic E-state index is 2.54. The van der Waals surface area contributed by atoms with E-state index >= 15 is 0 Å². The van der Waals surface area contributed by atoms with Crippen molar-refractivity contribution in [1.29, 1.82) is 0 Å². The summed E-state index contributed by atoms with van der Waals surface area (Å²) in [5, 5.41) is 0. The van der Waals surface area contributed by atoms with Gasteiger partial charge in [0.2, 0.25) is 0 Å². The number of nitrogens with zero attached hydrogens (tertiary/aromatic N) is 1. The van der Waals surface area contributed by atoms with E-state index in [-0.39, 0.29) is 16.2 Å². The molecule has 1 nitrogen and oxygen atoms in total. The molecule has 3 aliphatic carbocycles. The average molecular weight is 746 g/mol. The van der Waals surface area contributed by atoms with Crippen LogP contribution < -0.4 is 4.90 Å². The topological polar surface area (TPSA) is 3.24 Å². The minimum atomic E-state index is -0.120. The lowest BCUT2D eigenvalue weighted by Crippen LogP contribution is -2.16. The van der Waals surface area contributed by atoms with Crippen LogP contribution in [0.25, 0.3) is 55.6 Å². The molecule has 0 spiro atoms. The van der Waals surface area contributed by atoms with Crippen LogP contribution in [0.4, 0.5) is 17.1 Å². The van der Waals surface area contributed by atoms with E-state index in [0.29, 0.717) is 0 Å². The molecule has 0 aliphatic heterocycles. The summed E-state index contributed by atoms with van der Waals surface area (Å²) < 4.78 is 0. The van der Waals surface area contributed by atoms with Crippen LogP contribution in [0.3, 0.4) is 0 Å². The Kier molecular flexibility index (Phi) is 7.36. The number of hydrogen-bond donors (Lipinski definition) is 0. The molecule has 0 saturated heterocycles. The van der Waals surface area contributed by atoms with Crippen molar-refractivity contribution in [2.75, 3.05) is 4.90 Å². The van der Waals surface area contributed by atoms with Gasteiger partial charge in [-0.2, -0.15) is 0 Å². The molecule has 0 unspecified atom stereocenters. The quantitative estimate of drug-likeness (QED) is 0.170. The molecule has 0 atom stereocenters. The van der Waals surface area contributed by atoms with Gasteiger partial charge in [0, 0.05) is 33.1 Å². The van der Waals surface area contributed by atoms with Crippen LogP contribution in [-0.4, -0.2) is 0 Å². The summed E-state index contributed by atoms with van der Waals surface area (Å²) >= 11 is 0. The Hall–Kier alpha value is -6.44. The SMILES string of the molecule is CC1(C)c2ccccc2-c2c(-c3ccccc3N(c3ccc(-c4cccc5c4C(C)(C)c4ccccc4-5)cc3)c3cccc4c3-c3ccccc3C4(C)C)cccc21. The Bertz CT molecular complexity index is 2970. The van der Waals surface area contributed by atoms with Crippen LogP contribution in [0.1, 0.15) is 74.9 Å². The van der Waals surface area contributed by atoms with E-state index in [4.69, 9.17) is 0 Å². The number of hydrogen-bond acceptors (Lipinski definition) is 1. The largest absolute Gasteiger partial charge is 0.309 e. The Labute approximate surface area is 343 Å². The molecule has 280 valence electrons. The fourth-order valence-electron chi connectivity index (χ4n) is 11.1. The van der Waals surface area contributed by atoms with Gasteiger partial charge >= 0.3 is 0 Å². The first kappa shape index (κ1) is 34.8. The predicted molar refractivity (Wildman–Crippen MR) is 245 cm³/mol. The monoisotopic (exact) mass is 745 g/mol. The van der Waals surface area contributed by atoms with E-state index in [1.54, 1.807) is 0 Å². The highest BCUT2D eigenvalue weighted by atomic mass is 15.1. The Balaban J connectivity index is 1.14. The van der Waals surface area contributed by atoms with Crippen molar-refractivity contribution in [3.63, 3.8) is 0 Å². The molecule has 8 aromatic carbocycles. The number of benzene rings is 8. The molecule has 1 heteroatoms. The zero-order chi connectivity index (χ0) is 39.6. The van der Waals surface area contributed by atoms with Gasteiger partial charge in [0.05, 0.1) is 11.4 Å². The molecule has 0 aromatic heterocycles. The van der Waals surface area contributed by atoms with Crippen LogP contribution in [0.5, 0.6) is 0 Å². The predicted octanol–water partition coefficient (Wildman–Crippen LogP) is 15.4. The number of fused-ring (bicyclic) bond motifs is 9. The van der Waals surface area contributed by atoms with E-state index in [0.717, 1.165) is 5.69 Å². The molecule has 0 N–H and O–H groups in total. The molecule has 0 amide bonds. The van der Waals surface area contributed by atoms with Crippen molar-refractivity contribution in [1.82, 2.24) is 0 Å². The molecule has 0 fully saturated rings. The van der Waals surface area contributed by atoms with Crippen LogP contribution in [-0.2, 0) is 16.2 Å². The summed E-state index contributed by atoms with van der Waals surface area (Å²) in [4.78, 5) is 2.54. The number of anilines is 3. The van der Waals surface area contributed by atoms with Gasteiger partial charge in [0.15, 0.2) is 0 Å². The molecule has 0 heterocycles. The lowest BCUT2D eigenvalue weighted by molar-refractivity contribution is 0.660. The lowest BCUT2D eigenvalue weighted by atomic mass is 9.79. The molecule has 8 aromatic rings. The summed E-state index contributed by atoms with van der Waals surface area (Å²) in [6, 6.07) is 66.1. The Morgan fingerprint density at radius 1 is 0.293 bits per heavy atom. The second-order valence-electron chi connectivity index (χ2n) is 18.1. The van der Waals surface area contributed by atoms with E-state index in [9.17, 15) is 0 Å². The van der Waals surface area contributed by atoms with E-state index in [2.05, 4.69) is 222 Å². The molecular formula is C57H47N. The zero-order valence-electron chi connectivity index (χ0n) is 34.2. The summed E-state index contributed by atoms with van der Waals surface area (Å²) in [7, 11) is 0. The first-order chi connectivity index (χ1) is 28.1. The van der Waals surface area contributed by atoms with Gasteiger partial charge in [-0.25, -0.2) is 0 Å². The van der Waals surface area contributed by atoms with Gasteiger partial charge in [0.1, 0.15) is 0 Å². The summed E-state index contributed by atoms with van der Waals surface area (Å²) in [6.45, 7) is 14.2. The Morgan fingerprint density at radius 2 is 0.724 bits per heavy atom. The van der Waals surface area contributed by atoms with Gasteiger partial charge in [0.25, 0.3) is 0 Å². The summed E-state index contributed by atoms with van der Waals surface area (Å²) in [5.74, 6) is 0. The molecule has 0 radical (unpaired) electrons. The van der Waals surface area contributed by atoms with Crippen LogP contribution in [0, 0.1) is 0 Å². The molecule has 0 bridgehead atoms. The van der Waals surface area contributed by atoms with Crippen LogP contribution >= 0.6 is 0 Å². The highest BCUT2D eigenvalue weighted by Crippen LogP contribution is 2.58. The first-order valence-corrected chi connectivity index (χ1v) is 20.8. The van der Waals surface area contributed by atoms with E-state index in [1.165, 1.54) is 100 Å². The van der Waals surface area contributed by atoms with Gasteiger partial charge < -0.3 is 4.90 Å². The highest BCUT2D eigenvalue weighted by molar-refractivity contribution is 6.01. The van der Waals surface area contributed by atoms with Gasteiger partial charge in [-0.15, -0.1) is 0 Å². The second-order valence-corrected chi connectivity index (χ2v) is 18.1. The van der Waals surface area contributed by atoms with Crippen molar-refractivity contribution in [2.45, 2.75) is 57.8 Å². The summed E-state index contributed by atoms with van der Waals surface area (Å²) in [5.41, 5.74) is 24.5. The van der Waals surface area contributed by atoms with Crippen molar-refractivity contribution >= 4 is 17.1 Å². The van der Waals surface area contributed by atoms with Gasteiger partial charge in [-0.3, -0.25) is 0 Å². The fourth-order valence-corrected chi connectivity index (χ4v) is 11.1. The summed E-state index contributed by atoms with van der Waals surface area (Å²) in [6.07, 6.45) is 0. The first-order valence-electron chi connectivity index (χ1n) is 20.8. The van der Waals surface area contributed by atoms with Crippen molar-refractivity contribution in [3.8, 4) is 55.6 Å². The highest BCUT2D eigenvalue weighted by Gasteiger charge is 2.40. The third-order valence-corrected chi connectivity index (χ3v) is 13.9. The maximum Gasteiger partial charge on any atom is 0.0543 e. The molecular weight excluding hydrogens is 699 g/mol. The average Bonchev–Trinajstić information content (AvgIpc) is 3.75. The normalized spacial score (nSPS) is 15.5. The minimum absolute atomic E-state index is 0.0878. The van der Waals surface area contributed by atoms with Crippen molar-refractivity contribution in [2.24, 2.45) is 0 Å². The Morgan fingerprint density at radius 3 is 1.40 bits per heavy atom. The van der Waals surface area contributed by atoms with Gasteiger partial charge in [-0.1, -0.05) is 193 Å². The molecule has 3 aliphatic rings. The van der Waals surface area contributed by atoms with Crippen molar-refractivity contribution in [3.05, 3.63) is 209 Å². The minimum Gasteiger partial charge on any atom is -0.309 e. The smallest absolute Gasteiger partial charge is 0.0543 e. The molecule has 11 rings (SSSR count). The van der Waals surface area contributed by atoms with Gasteiger partial charge in [-0.05, 0) is 102 Å².